The van der Waals surface area contributed by atoms with Crippen LogP contribution in [-0.4, -0.2) is 27.2 Å². The maximum absolute atomic E-state index is 6.41. The number of nitrogen functional groups attached to an aromatic ring is 1. The average Bonchev–Trinajstić information content (AvgIpc) is 3.36. The Hall–Kier alpha value is -3.15. The molecule has 2 aromatic carbocycles. The molecule has 0 bridgehead atoms. The molecule has 1 atom stereocenters. The number of anilines is 1. The van der Waals surface area contributed by atoms with E-state index in [1.165, 1.54) is 5.56 Å². The molecule has 2 heterocycles. The summed E-state index contributed by atoms with van der Waals surface area (Å²) >= 11 is 0. The zero-order valence-electron chi connectivity index (χ0n) is 14.2. The van der Waals surface area contributed by atoms with Crippen LogP contribution in [0.3, 0.4) is 0 Å². The van der Waals surface area contributed by atoms with E-state index < -0.39 is 0 Å². The van der Waals surface area contributed by atoms with Gasteiger partial charge in [0.15, 0.2) is 5.82 Å². The van der Waals surface area contributed by atoms with Gasteiger partial charge in [-0.2, -0.15) is 5.21 Å². The Labute approximate surface area is 151 Å². The second-order valence-corrected chi connectivity index (χ2v) is 6.93. The van der Waals surface area contributed by atoms with Gasteiger partial charge >= 0.3 is 0 Å². The quantitative estimate of drug-likeness (QED) is 0.563. The van der Waals surface area contributed by atoms with Gasteiger partial charge in [0.05, 0.1) is 11.1 Å². The second-order valence-electron chi connectivity index (χ2n) is 6.93. The Kier molecular flexibility index (Phi) is 3.31. The normalized spacial score (nSPS) is 20.1. The predicted molar refractivity (Wildman–Crippen MR) is 98.0 cm³/mol. The molecule has 26 heavy (non-hydrogen) atoms. The van der Waals surface area contributed by atoms with Crippen LogP contribution in [0.1, 0.15) is 41.3 Å². The first kappa shape index (κ1) is 15.1. The van der Waals surface area contributed by atoms with Gasteiger partial charge in [0.2, 0.25) is 0 Å². The number of nitrogens with one attached hydrogen (secondary N) is 1. The summed E-state index contributed by atoms with van der Waals surface area (Å²) in [6, 6.07) is 14.6. The van der Waals surface area contributed by atoms with Crippen molar-refractivity contribution < 1.29 is 4.74 Å². The molecule has 0 saturated heterocycles. The Morgan fingerprint density at radius 2 is 2.00 bits per heavy atom. The minimum atomic E-state index is -0.187. The smallest absolute Gasteiger partial charge is 0.185 e. The first-order valence-corrected chi connectivity index (χ1v) is 8.80. The summed E-state index contributed by atoms with van der Waals surface area (Å²) in [6.07, 6.45) is 6.25. The number of ether oxygens (including phenoxy) is 1. The van der Waals surface area contributed by atoms with Crippen molar-refractivity contribution in [3.05, 3.63) is 77.1 Å². The van der Waals surface area contributed by atoms with Crippen molar-refractivity contribution in [2.24, 2.45) is 0 Å². The van der Waals surface area contributed by atoms with Gasteiger partial charge in [-0.1, -0.05) is 47.7 Å². The van der Waals surface area contributed by atoms with Crippen LogP contribution in [0.25, 0.3) is 0 Å². The fourth-order valence-electron chi connectivity index (χ4n) is 3.86. The van der Waals surface area contributed by atoms with Gasteiger partial charge in [0.1, 0.15) is 12.4 Å². The molecule has 2 aliphatic rings. The van der Waals surface area contributed by atoms with E-state index in [1.807, 2.05) is 12.1 Å². The Morgan fingerprint density at radius 3 is 2.73 bits per heavy atom. The van der Waals surface area contributed by atoms with Crippen molar-refractivity contribution in [1.82, 2.24) is 20.6 Å². The number of fused-ring (bicyclic) bond motifs is 1. The van der Waals surface area contributed by atoms with Crippen LogP contribution in [0, 0.1) is 0 Å². The predicted octanol–water partition coefficient (Wildman–Crippen LogP) is 2.94. The van der Waals surface area contributed by atoms with Crippen LogP contribution < -0.4 is 10.5 Å². The van der Waals surface area contributed by atoms with Gasteiger partial charge < -0.3 is 10.5 Å². The molecule has 0 radical (unpaired) electrons. The summed E-state index contributed by atoms with van der Waals surface area (Å²) in [5.41, 5.74) is 10.3. The highest BCUT2D eigenvalue weighted by Gasteiger charge is 2.50. The average molecular weight is 345 g/mol. The van der Waals surface area contributed by atoms with Gasteiger partial charge in [0, 0.05) is 11.5 Å². The van der Waals surface area contributed by atoms with Gasteiger partial charge in [-0.15, -0.1) is 10.2 Å². The number of nitrogens with zero attached hydrogens (tertiary/aromatic N) is 3. The summed E-state index contributed by atoms with van der Waals surface area (Å²) in [5, 5.41) is 14.8. The molecule has 1 saturated carbocycles. The third-order valence-corrected chi connectivity index (χ3v) is 5.37. The van der Waals surface area contributed by atoms with Crippen LogP contribution in [0.4, 0.5) is 5.69 Å². The first-order chi connectivity index (χ1) is 12.8. The van der Waals surface area contributed by atoms with Gasteiger partial charge in [-0.05, 0) is 36.1 Å². The lowest BCUT2D eigenvalue weighted by Gasteiger charge is -2.21. The van der Waals surface area contributed by atoms with E-state index in [2.05, 4.69) is 63.1 Å². The molecule has 6 heteroatoms. The second kappa shape index (κ2) is 5.69. The topological polar surface area (TPSA) is 89.7 Å². The highest BCUT2D eigenvalue weighted by Crippen LogP contribution is 2.54. The molecular formula is C20H19N5O. The van der Waals surface area contributed by atoms with Crippen LogP contribution in [0.15, 0.2) is 54.6 Å². The molecule has 130 valence electrons. The molecule has 5 rings (SSSR count). The fraction of sp³-hybridized carbons (Fsp3) is 0.250. The Bertz CT molecular complexity index is 961. The SMILES string of the molecule is Nc1cc(C2(c3nn[nH]n3)CC2)cc2c1OCC=CC2c1ccccc1. The van der Waals surface area contributed by atoms with E-state index in [0.29, 0.717) is 12.3 Å². The molecule has 0 amide bonds. The largest absolute Gasteiger partial charge is 0.487 e. The number of allylic oxidation sites excluding steroid dienone is 1. The lowest BCUT2D eigenvalue weighted by atomic mass is 9.85. The monoisotopic (exact) mass is 345 g/mol. The lowest BCUT2D eigenvalue weighted by molar-refractivity contribution is 0.364. The van der Waals surface area contributed by atoms with Crippen molar-refractivity contribution in [1.29, 1.82) is 0 Å². The molecule has 1 aliphatic carbocycles. The maximum Gasteiger partial charge on any atom is 0.185 e. The van der Waals surface area contributed by atoms with Crippen LogP contribution in [0.2, 0.25) is 0 Å². The first-order valence-electron chi connectivity index (χ1n) is 8.80. The van der Waals surface area contributed by atoms with Crippen molar-refractivity contribution in [2.75, 3.05) is 12.3 Å². The molecule has 1 unspecified atom stereocenters. The van der Waals surface area contributed by atoms with Gasteiger partial charge in [-0.3, -0.25) is 0 Å². The third-order valence-electron chi connectivity index (χ3n) is 5.37. The highest BCUT2D eigenvalue weighted by molar-refractivity contribution is 5.65. The summed E-state index contributed by atoms with van der Waals surface area (Å²) in [6.45, 7) is 0.524. The molecular weight excluding hydrogens is 326 g/mol. The Morgan fingerprint density at radius 1 is 1.15 bits per heavy atom. The number of nitrogens with two attached hydrogens (primary N) is 1. The van der Waals surface area contributed by atoms with Crippen molar-refractivity contribution >= 4 is 5.69 Å². The standard InChI is InChI=1S/C20H19N5O/c21-17-12-14(20(8-9-20)19-22-24-25-23-19)11-16-15(7-4-10-26-18(16)17)13-5-2-1-3-6-13/h1-7,11-12,15H,8-10,21H2,(H,22,23,24,25). The number of tetrazole rings is 1. The number of hydrogen-bond donors (Lipinski definition) is 2. The van der Waals surface area contributed by atoms with E-state index >= 15 is 0 Å². The maximum atomic E-state index is 6.41. The zero-order chi connectivity index (χ0) is 17.6. The number of aromatic nitrogens is 4. The fourth-order valence-corrected chi connectivity index (χ4v) is 3.86. The molecule has 1 aromatic heterocycles. The summed E-state index contributed by atoms with van der Waals surface area (Å²) in [7, 11) is 0. The van der Waals surface area contributed by atoms with Gasteiger partial charge in [-0.25, -0.2) is 0 Å². The minimum Gasteiger partial charge on any atom is -0.487 e. The summed E-state index contributed by atoms with van der Waals surface area (Å²) in [4.78, 5) is 0. The van der Waals surface area contributed by atoms with Gasteiger partial charge in [0.25, 0.3) is 0 Å². The summed E-state index contributed by atoms with van der Waals surface area (Å²) in [5.74, 6) is 1.62. The molecule has 0 spiro atoms. The minimum absolute atomic E-state index is 0.108. The van der Waals surface area contributed by atoms with E-state index in [4.69, 9.17) is 10.5 Å². The zero-order valence-corrected chi connectivity index (χ0v) is 14.2. The van der Waals surface area contributed by atoms with Crippen LogP contribution >= 0.6 is 0 Å². The molecule has 6 nitrogen and oxygen atoms in total. The van der Waals surface area contributed by atoms with Crippen molar-refractivity contribution in [3.63, 3.8) is 0 Å². The number of H-pyrrole nitrogens is 1. The van der Waals surface area contributed by atoms with E-state index in [0.717, 1.165) is 35.5 Å². The van der Waals surface area contributed by atoms with E-state index in [-0.39, 0.29) is 11.3 Å². The van der Waals surface area contributed by atoms with Crippen molar-refractivity contribution in [3.8, 4) is 5.75 Å². The number of aromatic amines is 1. The van der Waals surface area contributed by atoms with Crippen molar-refractivity contribution in [2.45, 2.75) is 24.2 Å². The van der Waals surface area contributed by atoms with E-state index in [1.54, 1.807) is 0 Å². The highest BCUT2D eigenvalue weighted by atomic mass is 16.5. The number of benzene rings is 2. The molecule has 1 aliphatic heterocycles. The number of rotatable bonds is 3. The van der Waals surface area contributed by atoms with Crippen LogP contribution in [-0.2, 0) is 5.41 Å². The molecule has 3 aromatic rings. The molecule has 3 N–H and O–H groups in total. The molecule has 1 fully saturated rings. The number of hydrogen-bond acceptors (Lipinski definition) is 5. The van der Waals surface area contributed by atoms with Crippen LogP contribution in [0.5, 0.6) is 5.75 Å². The Balaban J connectivity index is 1.67. The third kappa shape index (κ3) is 2.29. The summed E-state index contributed by atoms with van der Waals surface area (Å²) < 4.78 is 5.95. The van der Waals surface area contributed by atoms with E-state index in [9.17, 15) is 0 Å². The lowest BCUT2D eigenvalue weighted by Crippen LogP contribution is -2.14.